The molecule has 0 fully saturated rings. The van der Waals surface area contributed by atoms with Gasteiger partial charge in [0.1, 0.15) is 11.4 Å². The van der Waals surface area contributed by atoms with Gasteiger partial charge in [-0.1, -0.05) is 0 Å². The number of furan rings is 1. The summed E-state index contributed by atoms with van der Waals surface area (Å²) in [6.07, 6.45) is 3.58. The van der Waals surface area contributed by atoms with Crippen LogP contribution < -0.4 is 5.32 Å². The second-order valence-corrected chi connectivity index (χ2v) is 3.24. The Morgan fingerprint density at radius 1 is 1.56 bits per heavy atom. The Bertz CT molecular complexity index is 493. The topological polar surface area (TPSA) is 64.4 Å². The maximum Gasteiger partial charge on any atom is 0.307 e. The molecule has 0 saturated carbocycles. The predicted molar refractivity (Wildman–Crippen MR) is 59.1 cm³/mol. The molecule has 0 aliphatic carbocycles. The minimum atomic E-state index is -0.244. The van der Waals surface area contributed by atoms with Gasteiger partial charge >= 0.3 is 5.97 Å². The molecule has 16 heavy (non-hydrogen) atoms. The third kappa shape index (κ3) is 2.13. The highest BCUT2D eigenvalue weighted by atomic mass is 16.5. The number of carbonyl (C=O) groups is 1. The van der Waals surface area contributed by atoms with E-state index in [0.29, 0.717) is 13.0 Å². The number of methoxy groups -OCH3 is 1. The summed E-state index contributed by atoms with van der Waals surface area (Å²) in [6, 6.07) is 3.63. The van der Waals surface area contributed by atoms with Crippen LogP contribution in [0.15, 0.2) is 29.0 Å². The van der Waals surface area contributed by atoms with E-state index in [1.165, 1.54) is 7.11 Å². The lowest BCUT2D eigenvalue weighted by atomic mass is 10.3. The SMILES string of the molecule is COC(=O)CCNc1nccc2occc12. The van der Waals surface area contributed by atoms with Gasteiger partial charge in [-0.2, -0.15) is 0 Å². The van der Waals surface area contributed by atoms with E-state index in [0.717, 1.165) is 16.8 Å². The van der Waals surface area contributed by atoms with Gasteiger partial charge in [-0.25, -0.2) is 4.98 Å². The first kappa shape index (κ1) is 10.5. The summed E-state index contributed by atoms with van der Waals surface area (Å²) in [5.41, 5.74) is 0.774. The van der Waals surface area contributed by atoms with Gasteiger partial charge in [-0.15, -0.1) is 0 Å². The minimum absolute atomic E-state index is 0.244. The van der Waals surface area contributed by atoms with E-state index >= 15 is 0 Å². The molecular weight excluding hydrogens is 208 g/mol. The summed E-state index contributed by atoms with van der Waals surface area (Å²) in [6.45, 7) is 0.490. The van der Waals surface area contributed by atoms with E-state index in [4.69, 9.17) is 4.42 Å². The molecule has 2 heterocycles. The first-order valence-corrected chi connectivity index (χ1v) is 4.94. The van der Waals surface area contributed by atoms with E-state index in [1.807, 2.05) is 6.07 Å². The van der Waals surface area contributed by atoms with Crippen LogP contribution in [0.4, 0.5) is 5.82 Å². The third-order valence-corrected chi connectivity index (χ3v) is 2.23. The van der Waals surface area contributed by atoms with Crippen molar-refractivity contribution in [3.8, 4) is 0 Å². The van der Waals surface area contributed by atoms with Crippen LogP contribution in [0.1, 0.15) is 6.42 Å². The maximum atomic E-state index is 10.9. The van der Waals surface area contributed by atoms with Crippen LogP contribution >= 0.6 is 0 Å². The lowest BCUT2D eigenvalue weighted by Crippen LogP contribution is -2.10. The van der Waals surface area contributed by atoms with Crippen molar-refractivity contribution in [2.75, 3.05) is 19.0 Å². The van der Waals surface area contributed by atoms with E-state index in [9.17, 15) is 4.79 Å². The van der Waals surface area contributed by atoms with Crippen LogP contribution in [0.2, 0.25) is 0 Å². The van der Waals surface area contributed by atoms with Gasteiger partial charge < -0.3 is 14.5 Å². The van der Waals surface area contributed by atoms with Gasteiger partial charge in [-0.05, 0) is 12.1 Å². The zero-order valence-corrected chi connectivity index (χ0v) is 8.90. The van der Waals surface area contributed by atoms with Crippen LogP contribution in [-0.4, -0.2) is 24.6 Å². The quantitative estimate of drug-likeness (QED) is 0.796. The van der Waals surface area contributed by atoms with Crippen molar-refractivity contribution in [1.29, 1.82) is 0 Å². The lowest BCUT2D eigenvalue weighted by Gasteiger charge is -2.04. The number of nitrogens with zero attached hydrogens (tertiary/aromatic N) is 1. The molecule has 0 aromatic carbocycles. The zero-order chi connectivity index (χ0) is 11.4. The Hall–Kier alpha value is -2.04. The first-order chi connectivity index (χ1) is 7.81. The summed E-state index contributed by atoms with van der Waals surface area (Å²) < 4.78 is 9.78. The molecular formula is C11H12N2O3. The van der Waals surface area contributed by atoms with E-state index in [-0.39, 0.29) is 5.97 Å². The molecule has 2 rings (SSSR count). The van der Waals surface area contributed by atoms with Crippen LogP contribution in [-0.2, 0) is 9.53 Å². The van der Waals surface area contributed by atoms with Crippen molar-refractivity contribution in [3.63, 3.8) is 0 Å². The standard InChI is InChI=1S/C11H12N2O3/c1-15-10(14)3-6-13-11-8-4-7-16-9(8)2-5-12-11/h2,4-5,7H,3,6H2,1H3,(H,12,13). The van der Waals surface area contributed by atoms with Crippen molar-refractivity contribution in [3.05, 3.63) is 24.6 Å². The molecule has 0 atom stereocenters. The number of aromatic nitrogens is 1. The molecule has 0 saturated heterocycles. The van der Waals surface area contributed by atoms with Crippen molar-refractivity contribution < 1.29 is 13.9 Å². The summed E-state index contributed by atoms with van der Waals surface area (Å²) in [5.74, 6) is 0.474. The second-order valence-electron chi connectivity index (χ2n) is 3.24. The number of ether oxygens (including phenoxy) is 1. The summed E-state index contributed by atoms with van der Waals surface area (Å²) in [5, 5.41) is 3.98. The molecule has 0 bridgehead atoms. The Morgan fingerprint density at radius 3 is 3.25 bits per heavy atom. The maximum absolute atomic E-state index is 10.9. The average molecular weight is 220 g/mol. The molecule has 0 spiro atoms. The molecule has 1 N–H and O–H groups in total. The molecule has 84 valence electrons. The van der Waals surface area contributed by atoms with Crippen LogP contribution in [0, 0.1) is 0 Å². The fourth-order valence-corrected chi connectivity index (χ4v) is 1.42. The average Bonchev–Trinajstić information content (AvgIpc) is 2.77. The summed E-state index contributed by atoms with van der Waals surface area (Å²) in [7, 11) is 1.37. The van der Waals surface area contributed by atoms with Gasteiger partial charge in [-0.3, -0.25) is 4.79 Å². The smallest absolute Gasteiger partial charge is 0.307 e. The lowest BCUT2D eigenvalue weighted by molar-refractivity contribution is -0.140. The summed E-state index contributed by atoms with van der Waals surface area (Å²) in [4.78, 5) is 15.1. The molecule has 0 aliphatic heterocycles. The number of rotatable bonds is 4. The Balaban J connectivity index is 2.04. The van der Waals surface area contributed by atoms with E-state index < -0.39 is 0 Å². The molecule has 0 radical (unpaired) electrons. The number of fused-ring (bicyclic) bond motifs is 1. The molecule has 5 nitrogen and oxygen atoms in total. The number of hydrogen-bond acceptors (Lipinski definition) is 5. The van der Waals surface area contributed by atoms with Crippen molar-refractivity contribution in [2.45, 2.75) is 6.42 Å². The van der Waals surface area contributed by atoms with Crippen molar-refractivity contribution in [1.82, 2.24) is 4.98 Å². The molecule has 2 aromatic heterocycles. The van der Waals surface area contributed by atoms with Crippen molar-refractivity contribution >= 4 is 22.8 Å². The van der Waals surface area contributed by atoms with Gasteiger partial charge in [0.2, 0.25) is 0 Å². The fourth-order valence-electron chi connectivity index (χ4n) is 1.42. The number of pyridine rings is 1. The Morgan fingerprint density at radius 2 is 2.44 bits per heavy atom. The minimum Gasteiger partial charge on any atom is -0.469 e. The van der Waals surface area contributed by atoms with Gasteiger partial charge in [0.25, 0.3) is 0 Å². The summed E-state index contributed by atoms with van der Waals surface area (Å²) >= 11 is 0. The van der Waals surface area contributed by atoms with Gasteiger partial charge in [0.15, 0.2) is 0 Å². The number of anilines is 1. The van der Waals surface area contributed by atoms with Crippen molar-refractivity contribution in [2.24, 2.45) is 0 Å². The normalized spacial score (nSPS) is 10.3. The molecule has 5 heteroatoms. The van der Waals surface area contributed by atoms with E-state index in [2.05, 4.69) is 15.0 Å². The molecule has 0 unspecified atom stereocenters. The van der Waals surface area contributed by atoms with Crippen LogP contribution in [0.3, 0.4) is 0 Å². The molecule has 0 aliphatic rings. The number of carbonyl (C=O) groups excluding carboxylic acids is 1. The number of hydrogen-bond donors (Lipinski definition) is 1. The van der Waals surface area contributed by atoms with E-state index in [1.54, 1.807) is 18.5 Å². The fraction of sp³-hybridized carbons (Fsp3) is 0.273. The highest BCUT2D eigenvalue weighted by Crippen LogP contribution is 2.21. The second kappa shape index (κ2) is 4.65. The number of nitrogens with one attached hydrogen (secondary N) is 1. The molecule has 2 aromatic rings. The monoisotopic (exact) mass is 220 g/mol. The van der Waals surface area contributed by atoms with Crippen LogP contribution in [0.25, 0.3) is 11.0 Å². The Labute approximate surface area is 92.4 Å². The van der Waals surface area contributed by atoms with Crippen LogP contribution in [0.5, 0.6) is 0 Å². The van der Waals surface area contributed by atoms with Gasteiger partial charge in [0.05, 0.1) is 25.2 Å². The highest BCUT2D eigenvalue weighted by molar-refractivity contribution is 5.87. The highest BCUT2D eigenvalue weighted by Gasteiger charge is 2.05. The first-order valence-electron chi connectivity index (χ1n) is 4.94. The predicted octanol–water partition coefficient (Wildman–Crippen LogP) is 1.80. The zero-order valence-electron chi connectivity index (χ0n) is 8.90. The third-order valence-electron chi connectivity index (χ3n) is 2.23. The molecule has 0 amide bonds. The van der Waals surface area contributed by atoms with Gasteiger partial charge in [0, 0.05) is 12.7 Å². The Kier molecular flexibility index (Phi) is 3.05. The largest absolute Gasteiger partial charge is 0.469 e. The number of esters is 1.